The molecule has 0 saturated carbocycles. The van der Waals surface area contributed by atoms with Gasteiger partial charge in [-0.05, 0) is 12.0 Å². The Morgan fingerprint density at radius 3 is 2.77 bits per heavy atom. The Balaban J connectivity index is 3.50. The highest BCUT2D eigenvalue weighted by atomic mass is 16.5. The summed E-state index contributed by atoms with van der Waals surface area (Å²) in [5.74, 6) is 0. The van der Waals surface area contributed by atoms with Crippen molar-refractivity contribution >= 4 is 0 Å². The lowest BCUT2D eigenvalue weighted by atomic mass is 10.3. The molecule has 0 amide bonds. The fourth-order valence-corrected chi connectivity index (χ4v) is 0.846. The maximum absolute atomic E-state index is 8.21. The third-order valence-corrected chi connectivity index (χ3v) is 1.53. The lowest BCUT2D eigenvalue weighted by molar-refractivity contribution is 0.0855. The summed E-state index contributed by atoms with van der Waals surface area (Å²) in [7, 11) is 1.58. The zero-order chi connectivity index (χ0) is 9.94. The van der Waals surface area contributed by atoms with E-state index in [9.17, 15) is 0 Å². The molecule has 0 aliphatic rings. The molecule has 0 aromatic carbocycles. The lowest BCUT2D eigenvalue weighted by Gasteiger charge is -2.09. The third kappa shape index (κ3) is 7.59. The van der Waals surface area contributed by atoms with Crippen molar-refractivity contribution in [3.05, 3.63) is 10.4 Å². The maximum atomic E-state index is 8.21. The molecule has 5 heteroatoms. The van der Waals surface area contributed by atoms with Crippen molar-refractivity contribution in [1.82, 2.24) is 0 Å². The van der Waals surface area contributed by atoms with E-state index in [1.807, 2.05) is 0 Å². The summed E-state index contributed by atoms with van der Waals surface area (Å²) in [5.41, 5.74) is 8.21. The minimum atomic E-state index is -0.202. The number of azide groups is 1. The number of hydrogen-bond acceptors (Lipinski definition) is 3. The van der Waals surface area contributed by atoms with Gasteiger partial charge in [0, 0.05) is 18.6 Å². The van der Waals surface area contributed by atoms with Crippen molar-refractivity contribution < 1.29 is 9.47 Å². The van der Waals surface area contributed by atoms with Gasteiger partial charge in [-0.3, -0.25) is 0 Å². The Hall–Kier alpha value is -0.770. The molecule has 5 nitrogen and oxygen atoms in total. The van der Waals surface area contributed by atoms with Crippen molar-refractivity contribution in [2.24, 2.45) is 5.11 Å². The van der Waals surface area contributed by atoms with Crippen LogP contribution in [0.25, 0.3) is 10.4 Å². The zero-order valence-electron chi connectivity index (χ0n) is 8.27. The Morgan fingerprint density at radius 1 is 1.46 bits per heavy atom. The fourth-order valence-electron chi connectivity index (χ4n) is 0.846. The first-order chi connectivity index (χ1) is 6.35. The van der Waals surface area contributed by atoms with Gasteiger partial charge in [-0.1, -0.05) is 18.5 Å². The minimum Gasteiger partial charge on any atom is -0.384 e. The first-order valence-corrected chi connectivity index (χ1v) is 4.46. The van der Waals surface area contributed by atoms with Crippen LogP contribution in [0.1, 0.15) is 19.8 Å². The van der Waals surface area contributed by atoms with Crippen LogP contribution in [-0.2, 0) is 9.47 Å². The molecular formula is C8H17N3O2. The summed E-state index contributed by atoms with van der Waals surface area (Å²) in [6.07, 6.45) is 2.15. The Bertz CT molecular complexity index is 157. The minimum absolute atomic E-state index is 0.202. The van der Waals surface area contributed by atoms with Gasteiger partial charge >= 0.3 is 0 Å². The Kier molecular flexibility index (Phi) is 8.77. The predicted octanol–water partition coefficient (Wildman–Crippen LogP) is 2.13. The highest BCUT2D eigenvalue weighted by molar-refractivity contribution is 4.64. The molecule has 0 bridgehead atoms. The maximum Gasteiger partial charge on any atom is 0.0841 e. The predicted molar refractivity (Wildman–Crippen MR) is 50.5 cm³/mol. The Morgan fingerprint density at radius 2 is 2.23 bits per heavy atom. The van der Waals surface area contributed by atoms with E-state index in [2.05, 4.69) is 16.9 Å². The van der Waals surface area contributed by atoms with Crippen LogP contribution in [0.4, 0.5) is 0 Å². The van der Waals surface area contributed by atoms with E-state index in [1.54, 1.807) is 7.11 Å². The van der Waals surface area contributed by atoms with Crippen LogP contribution in [0.3, 0.4) is 0 Å². The second-order valence-electron chi connectivity index (χ2n) is 2.74. The van der Waals surface area contributed by atoms with Gasteiger partial charge in [0.15, 0.2) is 0 Å². The van der Waals surface area contributed by atoms with Crippen molar-refractivity contribution in [3.8, 4) is 0 Å². The second kappa shape index (κ2) is 9.32. The molecule has 0 saturated heterocycles. The molecular weight excluding hydrogens is 170 g/mol. The first-order valence-electron chi connectivity index (χ1n) is 4.46. The Labute approximate surface area is 78.7 Å². The highest BCUT2D eigenvalue weighted by Gasteiger charge is 2.04. The van der Waals surface area contributed by atoms with Crippen LogP contribution in [0.2, 0.25) is 0 Å². The topological polar surface area (TPSA) is 67.2 Å². The van der Waals surface area contributed by atoms with Crippen molar-refractivity contribution in [1.29, 1.82) is 0 Å². The van der Waals surface area contributed by atoms with E-state index in [0.29, 0.717) is 13.2 Å². The number of nitrogens with zero attached hydrogens (tertiary/aromatic N) is 3. The fraction of sp³-hybridized carbons (Fsp3) is 1.00. The average molecular weight is 187 g/mol. The third-order valence-electron chi connectivity index (χ3n) is 1.53. The number of rotatable bonds is 8. The molecule has 0 rings (SSSR count). The number of hydrogen-bond donors (Lipinski definition) is 0. The molecule has 13 heavy (non-hydrogen) atoms. The van der Waals surface area contributed by atoms with E-state index >= 15 is 0 Å². The van der Waals surface area contributed by atoms with E-state index in [1.165, 1.54) is 0 Å². The van der Waals surface area contributed by atoms with Crippen LogP contribution in [0.15, 0.2) is 5.11 Å². The monoisotopic (exact) mass is 187 g/mol. The standard InChI is InChI=1S/C8H17N3O2/c1-3-4-5-13-7-8(6-12-2)10-11-9/h8H,3-7H2,1-2H3/t8-/m1/s1. The molecule has 0 unspecified atom stereocenters. The van der Waals surface area contributed by atoms with Crippen LogP contribution in [0.5, 0.6) is 0 Å². The summed E-state index contributed by atoms with van der Waals surface area (Å²) < 4.78 is 10.2. The summed E-state index contributed by atoms with van der Waals surface area (Å²) in [5, 5.41) is 3.54. The SMILES string of the molecule is CCCCOC[C@@H](COC)N=[N+]=[N-]. The molecule has 0 fully saturated rings. The molecule has 0 aromatic heterocycles. The van der Waals surface area contributed by atoms with Crippen LogP contribution in [-0.4, -0.2) is 33.0 Å². The lowest BCUT2D eigenvalue weighted by Crippen LogP contribution is -2.19. The molecule has 1 atom stereocenters. The molecule has 0 aromatic rings. The van der Waals surface area contributed by atoms with Crippen molar-refractivity contribution in [2.75, 3.05) is 26.9 Å². The van der Waals surface area contributed by atoms with Crippen LogP contribution in [0, 0.1) is 0 Å². The summed E-state index contributed by atoms with van der Waals surface area (Å²) in [6.45, 7) is 3.68. The van der Waals surface area contributed by atoms with Gasteiger partial charge in [-0.15, -0.1) is 0 Å². The van der Waals surface area contributed by atoms with Crippen molar-refractivity contribution in [2.45, 2.75) is 25.8 Å². The smallest absolute Gasteiger partial charge is 0.0841 e. The average Bonchev–Trinajstić information content (AvgIpc) is 2.13. The zero-order valence-corrected chi connectivity index (χ0v) is 8.27. The largest absolute Gasteiger partial charge is 0.384 e. The van der Waals surface area contributed by atoms with E-state index in [4.69, 9.17) is 15.0 Å². The quantitative estimate of drug-likeness (QED) is 0.253. The molecule has 0 aliphatic carbocycles. The summed E-state index contributed by atoms with van der Waals surface area (Å²) >= 11 is 0. The van der Waals surface area contributed by atoms with Gasteiger partial charge in [0.25, 0.3) is 0 Å². The number of methoxy groups -OCH3 is 1. The first kappa shape index (κ1) is 12.2. The van der Waals surface area contributed by atoms with E-state index < -0.39 is 0 Å². The molecule has 0 heterocycles. The normalized spacial score (nSPS) is 12.2. The second-order valence-corrected chi connectivity index (χ2v) is 2.74. The molecule has 0 aliphatic heterocycles. The summed E-state index contributed by atoms with van der Waals surface area (Å²) in [4.78, 5) is 2.72. The molecule has 0 spiro atoms. The van der Waals surface area contributed by atoms with Gasteiger partial charge in [0.1, 0.15) is 0 Å². The van der Waals surface area contributed by atoms with Gasteiger partial charge in [0.2, 0.25) is 0 Å². The van der Waals surface area contributed by atoms with Gasteiger partial charge in [-0.25, -0.2) is 0 Å². The summed E-state index contributed by atoms with van der Waals surface area (Å²) in [6, 6.07) is -0.202. The molecule has 0 radical (unpaired) electrons. The van der Waals surface area contributed by atoms with Crippen LogP contribution >= 0.6 is 0 Å². The van der Waals surface area contributed by atoms with Gasteiger partial charge in [-0.2, -0.15) is 0 Å². The van der Waals surface area contributed by atoms with Gasteiger partial charge in [0.05, 0.1) is 19.3 Å². The molecule has 0 N–H and O–H groups in total. The van der Waals surface area contributed by atoms with Crippen LogP contribution < -0.4 is 0 Å². The van der Waals surface area contributed by atoms with Crippen molar-refractivity contribution in [3.63, 3.8) is 0 Å². The van der Waals surface area contributed by atoms with E-state index in [-0.39, 0.29) is 6.04 Å². The highest BCUT2D eigenvalue weighted by Crippen LogP contribution is 1.96. The number of unbranched alkanes of at least 4 members (excludes halogenated alkanes) is 1. The molecule has 76 valence electrons. The number of ether oxygens (including phenoxy) is 2. The van der Waals surface area contributed by atoms with E-state index in [0.717, 1.165) is 19.4 Å². The van der Waals surface area contributed by atoms with Gasteiger partial charge < -0.3 is 9.47 Å².